The topological polar surface area (TPSA) is 78.9 Å². The van der Waals surface area contributed by atoms with Crippen molar-refractivity contribution in [3.63, 3.8) is 0 Å². The van der Waals surface area contributed by atoms with Gasteiger partial charge in [0.15, 0.2) is 0 Å². The van der Waals surface area contributed by atoms with Crippen LogP contribution in [0.5, 0.6) is 5.75 Å². The van der Waals surface area contributed by atoms with Gasteiger partial charge in [-0.25, -0.2) is 0 Å². The van der Waals surface area contributed by atoms with Gasteiger partial charge >= 0.3 is 188 Å². The van der Waals surface area contributed by atoms with Crippen molar-refractivity contribution in [1.82, 2.24) is 0 Å². The molecule has 0 aliphatic heterocycles. The summed E-state index contributed by atoms with van der Waals surface area (Å²) in [6, 6.07) is 16.5. The summed E-state index contributed by atoms with van der Waals surface area (Å²) in [6.07, 6.45) is 1.33. The summed E-state index contributed by atoms with van der Waals surface area (Å²) >= 11 is -2.73. The number of hydrogen-bond acceptors (Lipinski definition) is 6. The third-order valence-corrected chi connectivity index (χ3v) is 11.1. The molecule has 0 N–H and O–H groups in total. The summed E-state index contributed by atoms with van der Waals surface area (Å²) in [5, 5.41) is 0. The molecule has 0 spiro atoms. The van der Waals surface area contributed by atoms with Crippen LogP contribution in [0.1, 0.15) is 40.5 Å². The molecule has 0 aromatic heterocycles. The Morgan fingerprint density at radius 2 is 1.67 bits per heavy atom. The van der Waals surface area contributed by atoms with Crippen molar-refractivity contribution in [1.29, 1.82) is 0 Å². The van der Waals surface area contributed by atoms with Gasteiger partial charge in [0, 0.05) is 0 Å². The number of carbonyl (C=O) groups excluding carboxylic acids is 1. The molecule has 0 amide bonds. The van der Waals surface area contributed by atoms with Crippen LogP contribution in [0.3, 0.4) is 0 Å². The van der Waals surface area contributed by atoms with Crippen LogP contribution < -0.4 is 4.74 Å². The zero-order valence-corrected chi connectivity index (χ0v) is 20.7. The first-order valence-electron chi connectivity index (χ1n) is 9.72. The van der Waals surface area contributed by atoms with Crippen LogP contribution in [0, 0.1) is 7.14 Å². The van der Waals surface area contributed by atoms with E-state index in [1.807, 2.05) is 43.3 Å². The number of hydrogen-bond donors (Lipinski definition) is 0. The summed E-state index contributed by atoms with van der Waals surface area (Å²) < 4.78 is 43.2. The van der Waals surface area contributed by atoms with E-state index in [4.69, 9.17) is 12.0 Å². The average molecular weight is 548 g/mol. The predicted octanol–water partition coefficient (Wildman–Crippen LogP) is 5.01. The van der Waals surface area contributed by atoms with E-state index in [2.05, 4.69) is 0 Å². The zero-order valence-electron chi connectivity index (χ0n) is 17.8. The first kappa shape index (κ1) is 24.6. The Hall–Kier alpha value is -1.65. The molecule has 0 atom stereocenters. The Balaban J connectivity index is 2.22. The second-order valence-corrected chi connectivity index (χ2v) is 14.2. The zero-order chi connectivity index (χ0) is 22.2. The van der Waals surface area contributed by atoms with Crippen LogP contribution in [0.4, 0.5) is 0 Å². The number of esters is 1. The molecule has 0 fully saturated rings. The molecule has 0 bridgehead atoms. The van der Waals surface area contributed by atoms with Crippen LogP contribution in [-0.2, 0) is 22.2 Å². The molecule has 0 heterocycles. The Kier molecular flexibility index (Phi) is 9.11. The molecule has 2 aromatic carbocycles. The standard InChI is InChI=1S/C22H29IO6S/c1-5-6-15-30(25,26)29-23(18-11-8-7-9-12-18)19-13-10-14-20(16-19)27-17-21(24)28-22(2,3)4/h7-14,16H,5-6,15,17H2,1-4H3. The fourth-order valence-electron chi connectivity index (χ4n) is 2.35. The second kappa shape index (κ2) is 11.1. The van der Waals surface area contributed by atoms with Crippen molar-refractivity contribution in [2.45, 2.75) is 46.1 Å². The molecule has 6 nitrogen and oxygen atoms in total. The number of benzene rings is 2. The van der Waals surface area contributed by atoms with Gasteiger partial charge in [-0.2, -0.15) is 0 Å². The molecule has 166 valence electrons. The number of rotatable bonds is 10. The third kappa shape index (κ3) is 8.61. The van der Waals surface area contributed by atoms with E-state index >= 15 is 0 Å². The third-order valence-electron chi connectivity index (χ3n) is 3.61. The van der Waals surface area contributed by atoms with E-state index in [0.717, 1.165) is 13.6 Å². The van der Waals surface area contributed by atoms with Crippen molar-refractivity contribution in [2.75, 3.05) is 12.4 Å². The maximum atomic E-state index is 12.5. The van der Waals surface area contributed by atoms with Gasteiger partial charge in [0.1, 0.15) is 0 Å². The van der Waals surface area contributed by atoms with Gasteiger partial charge in [-0.15, -0.1) is 0 Å². The normalized spacial score (nSPS) is 12.3. The number of ether oxygens (including phenoxy) is 2. The van der Waals surface area contributed by atoms with Gasteiger partial charge in [0.05, 0.1) is 0 Å². The first-order valence-corrected chi connectivity index (χ1v) is 14.3. The van der Waals surface area contributed by atoms with Crippen molar-refractivity contribution < 1.29 is 25.2 Å². The van der Waals surface area contributed by atoms with Crippen LogP contribution >= 0.6 is 20.2 Å². The Labute approximate surface area is 187 Å². The van der Waals surface area contributed by atoms with E-state index in [1.54, 1.807) is 39.0 Å². The Morgan fingerprint density at radius 3 is 2.30 bits per heavy atom. The second-order valence-electron chi connectivity index (χ2n) is 7.56. The number of carbonyl (C=O) groups is 1. The SMILES string of the molecule is CCCCS(=O)(=O)OI(c1ccccc1)c1cccc(OCC(=O)OC(C)(C)C)c1. The minimum absolute atomic E-state index is 0.000845. The molecule has 0 unspecified atom stereocenters. The summed E-state index contributed by atoms with van der Waals surface area (Å²) in [7, 11) is -3.64. The van der Waals surface area contributed by atoms with Gasteiger partial charge < -0.3 is 0 Å². The molecule has 0 saturated carbocycles. The van der Waals surface area contributed by atoms with E-state index in [9.17, 15) is 13.2 Å². The molecule has 30 heavy (non-hydrogen) atoms. The fourth-order valence-corrected chi connectivity index (χ4v) is 9.74. The van der Waals surface area contributed by atoms with Crippen molar-refractivity contribution in [2.24, 2.45) is 0 Å². The predicted molar refractivity (Wildman–Crippen MR) is 125 cm³/mol. The van der Waals surface area contributed by atoms with Crippen LogP contribution in [-0.4, -0.2) is 32.3 Å². The molecule has 8 heteroatoms. The molecular weight excluding hydrogens is 519 g/mol. The van der Waals surface area contributed by atoms with Crippen LogP contribution in [0.2, 0.25) is 0 Å². The fraction of sp³-hybridized carbons (Fsp3) is 0.409. The number of unbranched alkanes of at least 4 members (excludes halogenated alkanes) is 1. The quantitative estimate of drug-likeness (QED) is 0.307. The molecule has 2 aromatic rings. The molecule has 0 aliphatic carbocycles. The van der Waals surface area contributed by atoms with E-state index in [1.165, 1.54) is 0 Å². The van der Waals surface area contributed by atoms with Crippen LogP contribution in [0.25, 0.3) is 0 Å². The Morgan fingerprint density at radius 1 is 1.00 bits per heavy atom. The first-order chi connectivity index (χ1) is 14.1. The van der Waals surface area contributed by atoms with E-state index in [0.29, 0.717) is 12.2 Å². The van der Waals surface area contributed by atoms with Crippen molar-refractivity contribution in [3.8, 4) is 5.75 Å². The van der Waals surface area contributed by atoms with Gasteiger partial charge in [-0.05, 0) is 0 Å². The monoisotopic (exact) mass is 548 g/mol. The van der Waals surface area contributed by atoms with E-state index < -0.39 is 41.9 Å². The molecule has 0 radical (unpaired) electrons. The van der Waals surface area contributed by atoms with E-state index in [-0.39, 0.29) is 12.4 Å². The Bertz CT molecular complexity index is 922. The van der Waals surface area contributed by atoms with Crippen molar-refractivity contribution in [3.05, 3.63) is 61.7 Å². The average Bonchev–Trinajstić information content (AvgIpc) is 2.69. The summed E-state index contributed by atoms with van der Waals surface area (Å²) in [4.78, 5) is 11.9. The maximum absolute atomic E-state index is 12.5. The molecule has 2 rings (SSSR count). The molecular formula is C22H29IO6S. The number of halogens is 1. The van der Waals surface area contributed by atoms with Gasteiger partial charge in [-0.3, -0.25) is 0 Å². The molecule has 0 saturated heterocycles. The van der Waals surface area contributed by atoms with Gasteiger partial charge in [0.25, 0.3) is 0 Å². The van der Waals surface area contributed by atoms with Crippen LogP contribution in [0.15, 0.2) is 54.6 Å². The summed E-state index contributed by atoms with van der Waals surface area (Å²) in [5.41, 5.74) is -0.588. The molecule has 0 aliphatic rings. The summed E-state index contributed by atoms with van der Waals surface area (Å²) in [5.74, 6) is -0.00467. The van der Waals surface area contributed by atoms with Crippen molar-refractivity contribution >= 4 is 36.3 Å². The van der Waals surface area contributed by atoms with Gasteiger partial charge in [0.2, 0.25) is 0 Å². The van der Waals surface area contributed by atoms with Gasteiger partial charge in [-0.1, -0.05) is 0 Å². The summed E-state index contributed by atoms with van der Waals surface area (Å²) in [6.45, 7) is 7.08. The minimum atomic E-state index is -3.64.